The van der Waals surface area contributed by atoms with Gasteiger partial charge in [-0.1, -0.05) is 19.3 Å². The van der Waals surface area contributed by atoms with Crippen LogP contribution in [0.5, 0.6) is 0 Å². The zero-order valence-corrected chi connectivity index (χ0v) is 11.9. The highest BCUT2D eigenvalue weighted by atomic mass is 16.2. The van der Waals surface area contributed by atoms with E-state index in [2.05, 4.69) is 5.10 Å². The highest BCUT2D eigenvalue weighted by Crippen LogP contribution is 2.29. The highest BCUT2D eigenvalue weighted by Gasteiger charge is 2.31. The summed E-state index contributed by atoms with van der Waals surface area (Å²) in [6, 6.07) is 0. The van der Waals surface area contributed by atoms with E-state index in [4.69, 9.17) is 5.73 Å². The minimum atomic E-state index is -0.279. The third-order valence-electron chi connectivity index (χ3n) is 3.96. The molecule has 2 rings (SSSR count). The Morgan fingerprint density at radius 2 is 2.16 bits per heavy atom. The summed E-state index contributed by atoms with van der Waals surface area (Å²) in [4.78, 5) is 14.0. The Bertz CT molecular complexity index is 434. The van der Waals surface area contributed by atoms with Crippen molar-refractivity contribution in [2.24, 2.45) is 12.8 Å². The molecule has 0 spiro atoms. The molecule has 2 N–H and O–H groups in total. The summed E-state index contributed by atoms with van der Waals surface area (Å²) < 4.78 is 1.75. The Morgan fingerprint density at radius 3 is 2.74 bits per heavy atom. The maximum absolute atomic E-state index is 12.2. The smallest absolute Gasteiger partial charge is 0.224 e. The largest absolute Gasteiger partial charge is 0.341 e. The van der Waals surface area contributed by atoms with Gasteiger partial charge in [0.25, 0.3) is 0 Å². The van der Waals surface area contributed by atoms with E-state index < -0.39 is 0 Å². The number of nitrogens with two attached hydrogens (primary N) is 1. The lowest BCUT2D eigenvalue weighted by Crippen LogP contribution is -2.46. The van der Waals surface area contributed by atoms with E-state index in [9.17, 15) is 4.79 Å². The van der Waals surface area contributed by atoms with Crippen molar-refractivity contribution < 1.29 is 4.79 Å². The molecule has 1 saturated carbocycles. The number of carbonyl (C=O) groups excluding carboxylic acids is 1. The molecule has 0 unspecified atom stereocenters. The molecule has 5 nitrogen and oxygen atoms in total. The molecule has 106 valence electrons. The minimum Gasteiger partial charge on any atom is -0.341 e. The van der Waals surface area contributed by atoms with Crippen molar-refractivity contribution in [3.63, 3.8) is 0 Å². The predicted molar refractivity (Wildman–Crippen MR) is 74.3 cm³/mol. The van der Waals surface area contributed by atoms with Crippen LogP contribution < -0.4 is 5.73 Å². The van der Waals surface area contributed by atoms with Crippen LogP contribution >= 0.6 is 0 Å². The maximum atomic E-state index is 12.2. The number of hydrogen-bond acceptors (Lipinski definition) is 3. The van der Waals surface area contributed by atoms with E-state index in [1.165, 1.54) is 6.42 Å². The predicted octanol–water partition coefficient (Wildman–Crippen LogP) is 1.43. The van der Waals surface area contributed by atoms with Gasteiger partial charge in [0.05, 0.1) is 6.20 Å². The molecule has 1 amide bonds. The van der Waals surface area contributed by atoms with Gasteiger partial charge in [-0.25, -0.2) is 0 Å². The normalized spacial score (nSPS) is 18.3. The Morgan fingerprint density at radius 1 is 1.47 bits per heavy atom. The van der Waals surface area contributed by atoms with Crippen LogP contribution in [0.3, 0.4) is 0 Å². The van der Waals surface area contributed by atoms with E-state index in [0.717, 1.165) is 31.2 Å². The lowest BCUT2D eigenvalue weighted by molar-refractivity contribution is -0.132. The number of aryl methyl sites for hydroxylation is 1. The van der Waals surface area contributed by atoms with Crippen molar-refractivity contribution in [3.8, 4) is 0 Å². The summed E-state index contributed by atoms with van der Waals surface area (Å²) >= 11 is 0. The van der Waals surface area contributed by atoms with Gasteiger partial charge in [0.2, 0.25) is 5.91 Å². The third-order valence-corrected chi connectivity index (χ3v) is 3.96. The highest BCUT2D eigenvalue weighted by molar-refractivity contribution is 5.77. The summed E-state index contributed by atoms with van der Waals surface area (Å²) in [6.45, 7) is 0.600. The van der Waals surface area contributed by atoms with E-state index in [-0.39, 0.29) is 11.4 Å². The Kier molecular flexibility index (Phi) is 4.24. The van der Waals surface area contributed by atoms with Gasteiger partial charge in [-0.2, -0.15) is 5.10 Å². The zero-order valence-electron chi connectivity index (χ0n) is 11.9. The summed E-state index contributed by atoms with van der Waals surface area (Å²) in [5.41, 5.74) is 7.10. The fraction of sp³-hybridized carbons (Fsp3) is 0.714. The number of aromatic nitrogens is 2. The molecule has 0 atom stereocenters. The van der Waals surface area contributed by atoms with Gasteiger partial charge in [0.15, 0.2) is 0 Å². The Labute approximate surface area is 114 Å². The van der Waals surface area contributed by atoms with E-state index in [0.29, 0.717) is 13.0 Å². The van der Waals surface area contributed by atoms with Crippen molar-refractivity contribution in [1.29, 1.82) is 0 Å². The van der Waals surface area contributed by atoms with Gasteiger partial charge >= 0.3 is 0 Å². The first-order valence-corrected chi connectivity index (χ1v) is 6.99. The second-order valence-electron chi connectivity index (χ2n) is 5.87. The van der Waals surface area contributed by atoms with Crippen molar-refractivity contribution in [2.75, 3.05) is 7.05 Å². The number of hydrogen-bond donors (Lipinski definition) is 1. The molecule has 5 heteroatoms. The van der Waals surface area contributed by atoms with Crippen LogP contribution in [0.15, 0.2) is 12.4 Å². The molecular weight excluding hydrogens is 240 g/mol. The molecule has 1 aromatic rings. The van der Waals surface area contributed by atoms with Gasteiger partial charge in [0.1, 0.15) is 0 Å². The van der Waals surface area contributed by atoms with Crippen LogP contribution in [0.2, 0.25) is 0 Å². The van der Waals surface area contributed by atoms with Crippen LogP contribution in [0.25, 0.3) is 0 Å². The molecule has 0 bridgehead atoms. The Balaban J connectivity index is 1.88. The number of carbonyl (C=O) groups is 1. The monoisotopic (exact) mass is 264 g/mol. The summed E-state index contributed by atoms with van der Waals surface area (Å²) in [7, 11) is 3.71. The maximum Gasteiger partial charge on any atom is 0.224 e. The van der Waals surface area contributed by atoms with Crippen molar-refractivity contribution >= 4 is 5.91 Å². The number of rotatable bonds is 4. The van der Waals surface area contributed by atoms with Crippen molar-refractivity contribution in [3.05, 3.63) is 18.0 Å². The van der Waals surface area contributed by atoms with Gasteiger partial charge in [-0.05, 0) is 12.8 Å². The van der Waals surface area contributed by atoms with E-state index >= 15 is 0 Å². The molecule has 0 aromatic carbocycles. The van der Waals surface area contributed by atoms with Crippen molar-refractivity contribution in [2.45, 2.75) is 50.6 Å². The van der Waals surface area contributed by atoms with Gasteiger partial charge < -0.3 is 10.6 Å². The topological polar surface area (TPSA) is 64.2 Å². The van der Waals surface area contributed by atoms with Gasteiger partial charge in [-0.15, -0.1) is 0 Å². The van der Waals surface area contributed by atoms with E-state index in [1.54, 1.807) is 15.8 Å². The molecule has 1 aliphatic carbocycles. The second kappa shape index (κ2) is 5.74. The summed E-state index contributed by atoms with van der Waals surface area (Å²) in [5, 5.41) is 4.11. The second-order valence-corrected chi connectivity index (χ2v) is 5.87. The zero-order chi connectivity index (χ0) is 13.9. The minimum absolute atomic E-state index is 0.133. The average Bonchev–Trinajstić information content (AvgIpc) is 2.75. The lowest BCUT2D eigenvalue weighted by atomic mass is 9.80. The first-order chi connectivity index (χ1) is 8.98. The molecule has 19 heavy (non-hydrogen) atoms. The van der Waals surface area contributed by atoms with Gasteiger partial charge in [0, 0.05) is 44.4 Å². The van der Waals surface area contributed by atoms with Crippen LogP contribution in [-0.4, -0.2) is 33.2 Å². The molecule has 1 aromatic heterocycles. The fourth-order valence-corrected chi connectivity index (χ4v) is 2.78. The summed E-state index contributed by atoms with van der Waals surface area (Å²) in [6.07, 6.45) is 9.68. The van der Waals surface area contributed by atoms with Crippen LogP contribution in [0.4, 0.5) is 0 Å². The molecule has 1 heterocycles. The number of amides is 1. The molecule has 0 radical (unpaired) electrons. The molecular formula is C14H24N4O. The van der Waals surface area contributed by atoms with Crippen LogP contribution in [0.1, 0.15) is 44.1 Å². The first kappa shape index (κ1) is 14.1. The standard InChI is InChI=1S/C14H24N4O/c1-17(10-12-9-16-18(2)11-12)13(19)8-14(15)6-4-3-5-7-14/h9,11H,3-8,10,15H2,1-2H3. The quantitative estimate of drug-likeness (QED) is 0.894. The molecule has 0 saturated heterocycles. The van der Waals surface area contributed by atoms with Crippen LogP contribution in [0, 0.1) is 0 Å². The molecule has 1 aliphatic rings. The third kappa shape index (κ3) is 3.80. The lowest BCUT2D eigenvalue weighted by Gasteiger charge is -2.34. The van der Waals surface area contributed by atoms with Gasteiger partial charge in [-0.3, -0.25) is 9.48 Å². The Hall–Kier alpha value is -1.36. The van der Waals surface area contributed by atoms with Crippen LogP contribution in [-0.2, 0) is 18.4 Å². The summed E-state index contributed by atoms with van der Waals surface area (Å²) in [5.74, 6) is 0.133. The average molecular weight is 264 g/mol. The van der Waals surface area contributed by atoms with E-state index in [1.807, 2.05) is 20.3 Å². The molecule has 0 aliphatic heterocycles. The fourth-order valence-electron chi connectivity index (χ4n) is 2.78. The molecule has 1 fully saturated rings. The first-order valence-electron chi connectivity index (χ1n) is 6.99. The van der Waals surface area contributed by atoms with Crippen molar-refractivity contribution in [1.82, 2.24) is 14.7 Å². The number of nitrogens with zero attached hydrogens (tertiary/aromatic N) is 3. The SMILES string of the molecule is CN(Cc1cnn(C)c1)C(=O)CC1(N)CCCCC1.